The number of rotatable bonds is 2. The van der Waals surface area contributed by atoms with E-state index in [0.29, 0.717) is 0 Å². The normalized spacial score (nSPS) is 10.2. The quantitative estimate of drug-likeness (QED) is 0.666. The van der Waals surface area contributed by atoms with Crippen LogP contribution in [0.25, 0.3) is 5.65 Å². The third-order valence-electron chi connectivity index (χ3n) is 3.05. The van der Waals surface area contributed by atoms with E-state index in [0.717, 1.165) is 35.3 Å². The molecule has 3 aromatic heterocycles. The van der Waals surface area contributed by atoms with Gasteiger partial charge < -0.3 is 0 Å². The molecule has 0 aliphatic rings. The molecule has 3 rings (SSSR count). The van der Waals surface area contributed by atoms with Crippen molar-refractivity contribution in [2.24, 2.45) is 0 Å². The molecule has 0 bridgehead atoms. The first-order chi connectivity index (χ1) is 9.83. The Hall–Kier alpha value is -2.67. The minimum Gasteiger partial charge on any atom is -0.263 e. The summed E-state index contributed by atoms with van der Waals surface area (Å²) in [5.74, 6) is 6.28. The molecular formula is C16H14N4. The fourth-order valence-electron chi connectivity index (χ4n) is 2.01. The van der Waals surface area contributed by atoms with Gasteiger partial charge >= 0.3 is 0 Å². The van der Waals surface area contributed by atoms with E-state index in [2.05, 4.69) is 33.8 Å². The molecule has 0 fully saturated rings. The fraction of sp³-hybridized carbons (Fsp3) is 0.188. The molecule has 0 saturated carbocycles. The Kier molecular flexibility index (Phi) is 3.42. The van der Waals surface area contributed by atoms with Gasteiger partial charge in [0.1, 0.15) is 0 Å². The molecule has 3 aromatic rings. The van der Waals surface area contributed by atoms with E-state index in [-0.39, 0.29) is 0 Å². The van der Waals surface area contributed by atoms with Gasteiger partial charge in [0.2, 0.25) is 0 Å². The Morgan fingerprint density at radius 1 is 1.25 bits per heavy atom. The highest BCUT2D eigenvalue weighted by atomic mass is 15.2. The van der Waals surface area contributed by atoms with E-state index in [9.17, 15) is 0 Å². The van der Waals surface area contributed by atoms with Crippen LogP contribution in [-0.4, -0.2) is 19.6 Å². The van der Waals surface area contributed by atoms with Crippen molar-refractivity contribution in [3.63, 3.8) is 0 Å². The molecule has 0 radical (unpaired) electrons. The molecule has 0 N–H and O–H groups in total. The van der Waals surface area contributed by atoms with E-state index in [1.54, 1.807) is 23.1 Å². The first-order valence-corrected chi connectivity index (χ1v) is 6.52. The van der Waals surface area contributed by atoms with Crippen molar-refractivity contribution < 1.29 is 0 Å². The van der Waals surface area contributed by atoms with Crippen molar-refractivity contribution in [2.75, 3.05) is 0 Å². The van der Waals surface area contributed by atoms with E-state index in [1.165, 1.54) is 0 Å². The molecule has 0 spiro atoms. The molecule has 0 aliphatic carbocycles. The minimum atomic E-state index is 0.785. The van der Waals surface area contributed by atoms with Gasteiger partial charge in [0.15, 0.2) is 5.65 Å². The highest BCUT2D eigenvalue weighted by Gasteiger charge is 2.02. The van der Waals surface area contributed by atoms with Crippen molar-refractivity contribution >= 4 is 5.65 Å². The molecule has 0 saturated heterocycles. The van der Waals surface area contributed by atoms with Gasteiger partial charge in [-0.3, -0.25) is 4.98 Å². The van der Waals surface area contributed by atoms with Crippen LogP contribution in [-0.2, 0) is 6.42 Å². The average Bonchev–Trinajstić information content (AvgIpc) is 2.91. The largest absolute Gasteiger partial charge is 0.263 e. The maximum absolute atomic E-state index is 4.60. The minimum absolute atomic E-state index is 0.785. The Balaban J connectivity index is 1.71. The summed E-state index contributed by atoms with van der Waals surface area (Å²) in [4.78, 5) is 8.64. The van der Waals surface area contributed by atoms with Crippen molar-refractivity contribution in [1.29, 1.82) is 0 Å². The summed E-state index contributed by atoms with van der Waals surface area (Å²) in [6.45, 7) is 2.05. The van der Waals surface area contributed by atoms with E-state index in [1.807, 2.05) is 24.4 Å². The predicted octanol–water partition coefficient (Wildman–Crippen LogP) is 2.42. The summed E-state index contributed by atoms with van der Waals surface area (Å²) in [6.07, 6.45) is 8.92. The van der Waals surface area contributed by atoms with Crippen LogP contribution < -0.4 is 0 Å². The summed E-state index contributed by atoms with van der Waals surface area (Å²) in [6, 6.07) is 5.76. The van der Waals surface area contributed by atoms with Crippen LogP contribution in [0.2, 0.25) is 0 Å². The Morgan fingerprint density at radius 2 is 2.20 bits per heavy atom. The van der Waals surface area contributed by atoms with E-state index in [4.69, 9.17) is 0 Å². The van der Waals surface area contributed by atoms with Gasteiger partial charge in [-0.25, -0.2) is 9.50 Å². The first-order valence-electron chi connectivity index (χ1n) is 6.52. The molecule has 0 amide bonds. The standard InChI is InChI=1S/C16H14N4/c1-13-12-20-16(8-10-18-20)19-15(13)7-3-2-5-14-6-4-9-17-11-14/h4,6,8-12H,3,7H2,1H3. The summed E-state index contributed by atoms with van der Waals surface area (Å²) >= 11 is 0. The number of pyridine rings is 1. The second-order valence-electron chi connectivity index (χ2n) is 4.55. The molecular weight excluding hydrogens is 248 g/mol. The summed E-state index contributed by atoms with van der Waals surface area (Å²) in [7, 11) is 0. The topological polar surface area (TPSA) is 43.1 Å². The number of hydrogen-bond acceptors (Lipinski definition) is 3. The third kappa shape index (κ3) is 2.67. The molecule has 98 valence electrons. The number of nitrogens with zero attached hydrogens (tertiary/aromatic N) is 4. The van der Waals surface area contributed by atoms with Crippen LogP contribution in [0.3, 0.4) is 0 Å². The number of fused-ring (bicyclic) bond motifs is 1. The number of aryl methyl sites for hydroxylation is 2. The van der Waals surface area contributed by atoms with Gasteiger partial charge in [0, 0.05) is 48.8 Å². The lowest BCUT2D eigenvalue weighted by Crippen LogP contribution is -1.99. The van der Waals surface area contributed by atoms with Gasteiger partial charge in [-0.05, 0) is 24.6 Å². The lowest BCUT2D eigenvalue weighted by atomic mass is 10.1. The van der Waals surface area contributed by atoms with Crippen molar-refractivity contribution in [2.45, 2.75) is 19.8 Å². The van der Waals surface area contributed by atoms with Gasteiger partial charge in [-0.2, -0.15) is 5.10 Å². The SMILES string of the molecule is Cc1cn2nccc2nc1CCC#Cc1cccnc1. The highest BCUT2D eigenvalue weighted by molar-refractivity contribution is 5.39. The maximum atomic E-state index is 4.60. The molecule has 0 aliphatic heterocycles. The van der Waals surface area contributed by atoms with Crippen molar-refractivity contribution in [3.8, 4) is 11.8 Å². The second kappa shape index (κ2) is 5.54. The summed E-state index contributed by atoms with van der Waals surface area (Å²) in [5, 5.41) is 4.18. The van der Waals surface area contributed by atoms with Gasteiger partial charge in [0.05, 0.1) is 6.20 Å². The molecule has 0 aromatic carbocycles. The predicted molar refractivity (Wildman–Crippen MR) is 77.2 cm³/mol. The summed E-state index contributed by atoms with van der Waals surface area (Å²) < 4.78 is 1.79. The van der Waals surface area contributed by atoms with Crippen LogP contribution in [0.1, 0.15) is 23.2 Å². The molecule has 4 nitrogen and oxygen atoms in total. The van der Waals surface area contributed by atoms with E-state index >= 15 is 0 Å². The number of aromatic nitrogens is 4. The van der Waals surface area contributed by atoms with Crippen LogP contribution in [0.4, 0.5) is 0 Å². The number of hydrogen-bond donors (Lipinski definition) is 0. The highest BCUT2D eigenvalue weighted by Crippen LogP contribution is 2.09. The zero-order valence-electron chi connectivity index (χ0n) is 11.2. The molecule has 3 heterocycles. The Bertz CT molecular complexity index is 778. The van der Waals surface area contributed by atoms with Gasteiger partial charge in [-0.1, -0.05) is 11.8 Å². The second-order valence-corrected chi connectivity index (χ2v) is 4.55. The van der Waals surface area contributed by atoms with Gasteiger partial charge in [-0.15, -0.1) is 0 Å². The first kappa shape index (κ1) is 12.4. The third-order valence-corrected chi connectivity index (χ3v) is 3.05. The van der Waals surface area contributed by atoms with Crippen LogP contribution >= 0.6 is 0 Å². The smallest absolute Gasteiger partial charge is 0.155 e. The molecule has 0 unspecified atom stereocenters. The van der Waals surface area contributed by atoms with Gasteiger partial charge in [0.25, 0.3) is 0 Å². The summed E-state index contributed by atoms with van der Waals surface area (Å²) in [5.41, 5.74) is 4.05. The molecule has 20 heavy (non-hydrogen) atoms. The molecule has 4 heteroatoms. The maximum Gasteiger partial charge on any atom is 0.155 e. The van der Waals surface area contributed by atoms with E-state index < -0.39 is 0 Å². The lowest BCUT2D eigenvalue weighted by molar-refractivity contribution is 0.877. The lowest BCUT2D eigenvalue weighted by Gasteiger charge is -2.03. The fourth-order valence-corrected chi connectivity index (χ4v) is 2.01. The zero-order valence-corrected chi connectivity index (χ0v) is 11.2. The van der Waals surface area contributed by atoms with Crippen LogP contribution in [0.5, 0.6) is 0 Å². The average molecular weight is 262 g/mol. The van der Waals surface area contributed by atoms with Crippen molar-refractivity contribution in [3.05, 3.63) is 59.8 Å². The Labute approximate surface area is 117 Å². The van der Waals surface area contributed by atoms with Crippen molar-refractivity contribution in [1.82, 2.24) is 19.6 Å². The van der Waals surface area contributed by atoms with Crippen LogP contribution in [0.15, 0.2) is 43.0 Å². The Morgan fingerprint density at radius 3 is 3.05 bits per heavy atom. The molecule has 0 atom stereocenters. The monoisotopic (exact) mass is 262 g/mol. The van der Waals surface area contributed by atoms with Crippen LogP contribution in [0, 0.1) is 18.8 Å². The zero-order chi connectivity index (χ0) is 13.8.